The Kier molecular flexibility index (Phi) is 3.44. The molecule has 3 nitrogen and oxygen atoms in total. The third kappa shape index (κ3) is 2.85. The molecule has 2 aromatic rings. The summed E-state index contributed by atoms with van der Waals surface area (Å²) < 4.78 is 37.2. The Morgan fingerprint density at radius 2 is 1.68 bits per heavy atom. The van der Waals surface area contributed by atoms with Crippen molar-refractivity contribution in [2.45, 2.75) is 12.7 Å². The molecule has 0 spiro atoms. The van der Waals surface area contributed by atoms with Gasteiger partial charge in [-0.15, -0.1) is 0 Å². The highest BCUT2D eigenvalue weighted by Crippen LogP contribution is 2.30. The van der Waals surface area contributed by atoms with Crippen LogP contribution in [0.25, 0.3) is 11.3 Å². The molecule has 1 heterocycles. The maximum absolute atomic E-state index is 12.4. The van der Waals surface area contributed by atoms with Crippen molar-refractivity contribution in [2.75, 3.05) is 0 Å². The monoisotopic (exact) mass is 268 g/mol. The largest absolute Gasteiger partial charge is 0.416 e. The van der Waals surface area contributed by atoms with E-state index >= 15 is 0 Å². The van der Waals surface area contributed by atoms with Gasteiger partial charge in [-0.05, 0) is 23.8 Å². The molecule has 0 aliphatic heterocycles. The van der Waals surface area contributed by atoms with E-state index in [4.69, 9.17) is 5.73 Å². The van der Waals surface area contributed by atoms with Crippen LogP contribution in [0.2, 0.25) is 0 Å². The number of hydrogen-bond acceptors (Lipinski definition) is 2. The van der Waals surface area contributed by atoms with Crippen molar-refractivity contribution in [3.63, 3.8) is 0 Å². The fourth-order valence-corrected chi connectivity index (χ4v) is 1.67. The van der Waals surface area contributed by atoms with Crippen LogP contribution >= 0.6 is 0 Å². The molecular weight excluding hydrogens is 257 g/mol. The van der Waals surface area contributed by atoms with Crippen LogP contribution in [0.5, 0.6) is 0 Å². The van der Waals surface area contributed by atoms with Crippen LogP contribution in [-0.4, -0.2) is 4.98 Å². The van der Waals surface area contributed by atoms with Crippen molar-refractivity contribution in [1.29, 1.82) is 0 Å². The lowest BCUT2D eigenvalue weighted by Gasteiger charge is -2.08. The Balaban J connectivity index is 2.38. The number of H-pyrrole nitrogens is 1. The average Bonchev–Trinajstić information content (AvgIpc) is 2.38. The number of aromatic nitrogens is 1. The number of halogens is 3. The topological polar surface area (TPSA) is 58.9 Å². The molecule has 6 heteroatoms. The van der Waals surface area contributed by atoms with Gasteiger partial charge in [-0.2, -0.15) is 13.2 Å². The average molecular weight is 268 g/mol. The van der Waals surface area contributed by atoms with E-state index in [1.165, 1.54) is 12.1 Å². The molecule has 0 fully saturated rings. The van der Waals surface area contributed by atoms with Crippen LogP contribution in [0.3, 0.4) is 0 Å². The van der Waals surface area contributed by atoms with Gasteiger partial charge >= 0.3 is 6.18 Å². The quantitative estimate of drug-likeness (QED) is 0.879. The van der Waals surface area contributed by atoms with Crippen LogP contribution < -0.4 is 11.3 Å². The van der Waals surface area contributed by atoms with E-state index in [1.807, 2.05) is 0 Å². The van der Waals surface area contributed by atoms with E-state index in [-0.39, 0.29) is 12.1 Å². The number of aromatic amines is 1. The van der Waals surface area contributed by atoms with Crippen LogP contribution in [-0.2, 0) is 12.7 Å². The zero-order valence-corrected chi connectivity index (χ0v) is 9.79. The molecule has 0 amide bonds. The lowest BCUT2D eigenvalue weighted by molar-refractivity contribution is -0.137. The molecule has 19 heavy (non-hydrogen) atoms. The van der Waals surface area contributed by atoms with E-state index in [0.717, 1.165) is 12.1 Å². The lowest BCUT2D eigenvalue weighted by atomic mass is 10.1. The van der Waals surface area contributed by atoms with E-state index in [1.54, 1.807) is 12.1 Å². The minimum absolute atomic E-state index is 0.114. The van der Waals surface area contributed by atoms with Crippen molar-refractivity contribution in [3.8, 4) is 11.3 Å². The highest BCUT2D eigenvalue weighted by atomic mass is 19.4. The van der Waals surface area contributed by atoms with E-state index in [0.29, 0.717) is 16.8 Å². The Hall–Kier alpha value is -2.08. The summed E-state index contributed by atoms with van der Waals surface area (Å²) in [7, 11) is 0. The van der Waals surface area contributed by atoms with Gasteiger partial charge in [0.2, 0.25) is 0 Å². The summed E-state index contributed by atoms with van der Waals surface area (Å²) in [6.45, 7) is 0.114. The molecule has 1 aromatic heterocycles. The third-order valence-corrected chi connectivity index (χ3v) is 2.73. The van der Waals surface area contributed by atoms with E-state index < -0.39 is 11.7 Å². The maximum atomic E-state index is 12.4. The van der Waals surface area contributed by atoms with Gasteiger partial charge in [0.1, 0.15) is 0 Å². The second-order valence-corrected chi connectivity index (χ2v) is 4.01. The molecule has 0 saturated heterocycles. The highest BCUT2D eigenvalue weighted by molar-refractivity contribution is 5.59. The Labute approximate surface area is 106 Å². The lowest BCUT2D eigenvalue weighted by Crippen LogP contribution is -2.15. The minimum atomic E-state index is -4.37. The SMILES string of the molecule is NCc1ccc(-c2ccc(C(F)(F)F)cc2)[nH]c1=O. The predicted molar refractivity (Wildman–Crippen MR) is 65.4 cm³/mol. The van der Waals surface area contributed by atoms with Gasteiger partial charge in [-0.1, -0.05) is 18.2 Å². The highest BCUT2D eigenvalue weighted by Gasteiger charge is 2.29. The van der Waals surface area contributed by atoms with Crippen molar-refractivity contribution in [3.05, 3.63) is 57.9 Å². The number of rotatable bonds is 2. The zero-order chi connectivity index (χ0) is 14.0. The second-order valence-electron chi connectivity index (χ2n) is 4.01. The number of alkyl halides is 3. The van der Waals surface area contributed by atoms with Crippen LogP contribution in [0.1, 0.15) is 11.1 Å². The summed E-state index contributed by atoms with van der Waals surface area (Å²) >= 11 is 0. The Morgan fingerprint density at radius 3 is 2.16 bits per heavy atom. The molecule has 1 aromatic carbocycles. The number of hydrogen-bond donors (Lipinski definition) is 2. The summed E-state index contributed by atoms with van der Waals surface area (Å²) in [4.78, 5) is 14.1. The molecule has 0 aliphatic carbocycles. The first-order valence-electron chi connectivity index (χ1n) is 5.51. The molecular formula is C13H11F3N2O. The van der Waals surface area contributed by atoms with Gasteiger partial charge in [-0.25, -0.2) is 0 Å². The summed E-state index contributed by atoms with van der Waals surface area (Å²) in [5, 5.41) is 0. The summed E-state index contributed by atoms with van der Waals surface area (Å²) in [6, 6.07) is 7.76. The van der Waals surface area contributed by atoms with Crippen molar-refractivity contribution >= 4 is 0 Å². The zero-order valence-electron chi connectivity index (χ0n) is 9.79. The van der Waals surface area contributed by atoms with Crippen molar-refractivity contribution < 1.29 is 13.2 Å². The van der Waals surface area contributed by atoms with Gasteiger partial charge in [-0.3, -0.25) is 4.79 Å². The fourth-order valence-electron chi connectivity index (χ4n) is 1.67. The predicted octanol–water partition coefficient (Wildman–Crippen LogP) is 2.52. The van der Waals surface area contributed by atoms with Gasteiger partial charge in [0.15, 0.2) is 0 Å². The molecule has 3 N–H and O–H groups in total. The molecule has 0 atom stereocenters. The first kappa shape index (κ1) is 13.4. The molecule has 0 aliphatic rings. The number of benzene rings is 1. The normalized spacial score (nSPS) is 11.6. The van der Waals surface area contributed by atoms with Gasteiger partial charge in [0.05, 0.1) is 5.56 Å². The molecule has 2 rings (SSSR count). The molecule has 0 unspecified atom stereocenters. The Bertz CT molecular complexity index is 630. The summed E-state index contributed by atoms with van der Waals surface area (Å²) in [5.74, 6) is 0. The maximum Gasteiger partial charge on any atom is 0.416 e. The molecule has 100 valence electrons. The second kappa shape index (κ2) is 4.89. The molecule has 0 saturated carbocycles. The standard InChI is InChI=1S/C13H11F3N2O/c14-13(15,16)10-4-1-8(2-5-10)11-6-3-9(7-17)12(19)18-11/h1-6H,7,17H2,(H,18,19). The Morgan fingerprint density at radius 1 is 1.05 bits per heavy atom. The smallest absolute Gasteiger partial charge is 0.326 e. The summed E-state index contributed by atoms with van der Waals surface area (Å²) in [5.41, 5.74) is 5.69. The third-order valence-electron chi connectivity index (χ3n) is 2.73. The minimum Gasteiger partial charge on any atom is -0.326 e. The molecule has 0 bridgehead atoms. The van der Waals surface area contributed by atoms with Gasteiger partial charge < -0.3 is 10.7 Å². The van der Waals surface area contributed by atoms with Crippen LogP contribution in [0, 0.1) is 0 Å². The molecule has 0 radical (unpaired) electrons. The summed E-state index contributed by atoms with van der Waals surface area (Å²) in [6.07, 6.45) is -4.37. The van der Waals surface area contributed by atoms with Crippen molar-refractivity contribution in [2.24, 2.45) is 5.73 Å². The van der Waals surface area contributed by atoms with Crippen LogP contribution in [0.4, 0.5) is 13.2 Å². The number of nitrogens with one attached hydrogen (secondary N) is 1. The van der Waals surface area contributed by atoms with E-state index in [9.17, 15) is 18.0 Å². The first-order chi connectivity index (χ1) is 8.91. The van der Waals surface area contributed by atoms with Crippen molar-refractivity contribution in [1.82, 2.24) is 4.98 Å². The van der Waals surface area contributed by atoms with Gasteiger partial charge in [0, 0.05) is 17.8 Å². The van der Waals surface area contributed by atoms with E-state index in [2.05, 4.69) is 4.98 Å². The fraction of sp³-hybridized carbons (Fsp3) is 0.154. The number of pyridine rings is 1. The van der Waals surface area contributed by atoms with Crippen LogP contribution in [0.15, 0.2) is 41.2 Å². The van der Waals surface area contributed by atoms with Gasteiger partial charge in [0.25, 0.3) is 5.56 Å². The first-order valence-corrected chi connectivity index (χ1v) is 5.51. The number of nitrogens with two attached hydrogens (primary N) is 1.